The normalized spacial score (nSPS) is 19.4. The number of rotatable bonds is 3. The van der Waals surface area contributed by atoms with Gasteiger partial charge in [-0.05, 0) is 58.2 Å². The van der Waals surface area contributed by atoms with E-state index in [1.165, 1.54) is 0 Å². The van der Waals surface area contributed by atoms with Crippen molar-refractivity contribution in [1.29, 1.82) is 0 Å². The first kappa shape index (κ1) is 18.7. The summed E-state index contributed by atoms with van der Waals surface area (Å²) in [7, 11) is 0. The summed E-state index contributed by atoms with van der Waals surface area (Å²) >= 11 is 0. The number of benzene rings is 1. The first-order valence-electron chi connectivity index (χ1n) is 8.63. The molecule has 1 saturated heterocycles. The second-order valence-electron chi connectivity index (χ2n) is 7.66. The van der Waals surface area contributed by atoms with E-state index in [-0.39, 0.29) is 18.0 Å². The Kier molecular flexibility index (Phi) is 5.86. The maximum absolute atomic E-state index is 13.6. The number of carbonyl (C=O) groups is 1. The maximum atomic E-state index is 13.6. The van der Waals surface area contributed by atoms with Gasteiger partial charge in [-0.3, -0.25) is 4.90 Å². The molecule has 0 aromatic heterocycles. The van der Waals surface area contributed by atoms with Gasteiger partial charge in [-0.15, -0.1) is 0 Å². The Balaban J connectivity index is 1.84. The SMILES string of the molecule is Cc1ccc(CCN2CCN(C(=O)OC(C)(C)C)[C@H](C)C2)cc1F. The highest BCUT2D eigenvalue weighted by molar-refractivity contribution is 5.68. The molecule has 1 aliphatic heterocycles. The summed E-state index contributed by atoms with van der Waals surface area (Å²) in [5.74, 6) is -0.143. The van der Waals surface area contributed by atoms with E-state index in [1.54, 1.807) is 17.9 Å². The molecule has 1 heterocycles. The van der Waals surface area contributed by atoms with Gasteiger partial charge in [-0.2, -0.15) is 0 Å². The Bertz CT molecular complexity index is 583. The lowest BCUT2D eigenvalue weighted by Gasteiger charge is -2.40. The molecule has 5 heteroatoms. The van der Waals surface area contributed by atoms with Gasteiger partial charge in [0, 0.05) is 32.2 Å². The van der Waals surface area contributed by atoms with Crippen LogP contribution >= 0.6 is 0 Å². The third-order valence-electron chi connectivity index (χ3n) is 4.29. The average Bonchev–Trinajstić information content (AvgIpc) is 2.46. The largest absolute Gasteiger partial charge is 0.444 e. The van der Waals surface area contributed by atoms with Gasteiger partial charge < -0.3 is 9.64 Å². The zero-order chi connectivity index (χ0) is 17.9. The molecule has 1 aromatic carbocycles. The summed E-state index contributed by atoms with van der Waals surface area (Å²) in [6.07, 6.45) is 0.575. The minimum atomic E-state index is -0.469. The number of halogens is 1. The van der Waals surface area contributed by atoms with Crippen molar-refractivity contribution < 1.29 is 13.9 Å². The van der Waals surface area contributed by atoms with Crippen molar-refractivity contribution in [3.8, 4) is 0 Å². The van der Waals surface area contributed by atoms with E-state index in [0.29, 0.717) is 12.1 Å². The van der Waals surface area contributed by atoms with Gasteiger partial charge >= 0.3 is 6.09 Å². The van der Waals surface area contributed by atoms with Crippen LogP contribution in [0.25, 0.3) is 0 Å². The highest BCUT2D eigenvalue weighted by Gasteiger charge is 2.30. The molecule has 0 aliphatic carbocycles. The molecule has 1 aromatic rings. The van der Waals surface area contributed by atoms with Crippen LogP contribution in [0, 0.1) is 12.7 Å². The average molecular weight is 336 g/mol. The predicted octanol–water partition coefficient (Wildman–Crippen LogP) is 3.62. The van der Waals surface area contributed by atoms with Gasteiger partial charge in [0.15, 0.2) is 0 Å². The zero-order valence-electron chi connectivity index (χ0n) is 15.4. The standard InChI is InChI=1S/C19H29FN2O2/c1-14-6-7-16(12-17(14)20)8-9-21-10-11-22(15(2)13-21)18(23)24-19(3,4)5/h6-7,12,15H,8-11,13H2,1-5H3/t15-/m1/s1. The molecule has 1 fully saturated rings. The van der Waals surface area contributed by atoms with E-state index >= 15 is 0 Å². The Morgan fingerprint density at radius 3 is 2.62 bits per heavy atom. The molecule has 0 unspecified atom stereocenters. The molecule has 134 valence electrons. The smallest absolute Gasteiger partial charge is 0.410 e. The fraction of sp³-hybridized carbons (Fsp3) is 0.632. The van der Waals surface area contributed by atoms with Crippen molar-refractivity contribution in [1.82, 2.24) is 9.80 Å². The minimum Gasteiger partial charge on any atom is -0.444 e. The van der Waals surface area contributed by atoms with E-state index in [1.807, 2.05) is 39.8 Å². The van der Waals surface area contributed by atoms with Crippen molar-refractivity contribution in [3.05, 3.63) is 35.1 Å². The van der Waals surface area contributed by atoms with E-state index in [4.69, 9.17) is 4.74 Å². The second-order valence-corrected chi connectivity index (χ2v) is 7.66. The van der Waals surface area contributed by atoms with Gasteiger partial charge in [-0.1, -0.05) is 12.1 Å². The number of amides is 1. The molecule has 1 aliphatic rings. The van der Waals surface area contributed by atoms with Crippen LogP contribution in [0.3, 0.4) is 0 Å². The van der Waals surface area contributed by atoms with E-state index < -0.39 is 5.60 Å². The predicted molar refractivity (Wildman–Crippen MR) is 93.7 cm³/mol. The van der Waals surface area contributed by atoms with Crippen LogP contribution in [0.4, 0.5) is 9.18 Å². The van der Waals surface area contributed by atoms with E-state index in [9.17, 15) is 9.18 Å². The maximum Gasteiger partial charge on any atom is 0.410 e. The van der Waals surface area contributed by atoms with Crippen molar-refractivity contribution in [2.24, 2.45) is 0 Å². The summed E-state index contributed by atoms with van der Waals surface area (Å²) < 4.78 is 19.1. The fourth-order valence-electron chi connectivity index (χ4n) is 2.91. The third-order valence-corrected chi connectivity index (χ3v) is 4.29. The highest BCUT2D eigenvalue weighted by atomic mass is 19.1. The summed E-state index contributed by atoms with van der Waals surface area (Å²) in [5.41, 5.74) is 1.22. The van der Waals surface area contributed by atoms with Crippen LogP contribution in [0.15, 0.2) is 18.2 Å². The van der Waals surface area contributed by atoms with Gasteiger partial charge in [0.1, 0.15) is 11.4 Å². The van der Waals surface area contributed by atoms with Crippen LogP contribution in [0.1, 0.15) is 38.8 Å². The molecule has 0 saturated carbocycles. The third kappa shape index (κ3) is 5.20. The highest BCUT2D eigenvalue weighted by Crippen LogP contribution is 2.16. The molecule has 1 atom stereocenters. The fourth-order valence-corrected chi connectivity index (χ4v) is 2.91. The van der Waals surface area contributed by atoms with Crippen LogP contribution < -0.4 is 0 Å². The Labute approximate surface area is 144 Å². The summed E-state index contributed by atoms with van der Waals surface area (Å²) in [4.78, 5) is 16.3. The van der Waals surface area contributed by atoms with Gasteiger partial charge in [0.25, 0.3) is 0 Å². The van der Waals surface area contributed by atoms with Crippen molar-refractivity contribution in [3.63, 3.8) is 0 Å². The lowest BCUT2D eigenvalue weighted by Crippen LogP contribution is -2.55. The number of piperazine rings is 1. The number of carbonyl (C=O) groups excluding carboxylic acids is 1. The first-order valence-corrected chi connectivity index (χ1v) is 8.63. The molecular weight excluding hydrogens is 307 g/mol. The van der Waals surface area contributed by atoms with Gasteiger partial charge in [-0.25, -0.2) is 9.18 Å². The number of hydrogen-bond acceptors (Lipinski definition) is 3. The second kappa shape index (κ2) is 7.51. The Morgan fingerprint density at radius 2 is 2.04 bits per heavy atom. The van der Waals surface area contributed by atoms with Crippen LogP contribution in [-0.4, -0.2) is 53.7 Å². The molecule has 0 radical (unpaired) electrons. The number of hydrogen-bond donors (Lipinski definition) is 0. The Hall–Kier alpha value is -1.62. The lowest BCUT2D eigenvalue weighted by atomic mass is 10.1. The summed E-state index contributed by atoms with van der Waals surface area (Å²) in [5, 5.41) is 0. The van der Waals surface area contributed by atoms with Gasteiger partial charge in [0.05, 0.1) is 0 Å². The van der Waals surface area contributed by atoms with Crippen LogP contribution in [0.5, 0.6) is 0 Å². The summed E-state index contributed by atoms with van der Waals surface area (Å²) in [6.45, 7) is 12.6. The van der Waals surface area contributed by atoms with Crippen LogP contribution in [0.2, 0.25) is 0 Å². The zero-order valence-corrected chi connectivity index (χ0v) is 15.4. The first-order chi connectivity index (χ1) is 11.2. The minimum absolute atomic E-state index is 0.114. The molecule has 24 heavy (non-hydrogen) atoms. The van der Waals surface area contributed by atoms with Gasteiger partial charge in [0.2, 0.25) is 0 Å². The quantitative estimate of drug-likeness (QED) is 0.845. The number of ether oxygens (including phenoxy) is 1. The number of aryl methyl sites for hydroxylation is 1. The molecule has 0 spiro atoms. The molecule has 0 N–H and O–H groups in total. The Morgan fingerprint density at radius 1 is 1.33 bits per heavy atom. The van der Waals surface area contributed by atoms with E-state index in [0.717, 1.165) is 31.6 Å². The lowest BCUT2D eigenvalue weighted by molar-refractivity contribution is 0.00162. The summed E-state index contributed by atoms with van der Waals surface area (Å²) in [6, 6.07) is 5.55. The molecule has 0 bridgehead atoms. The molecule has 4 nitrogen and oxygen atoms in total. The topological polar surface area (TPSA) is 32.8 Å². The number of nitrogens with zero attached hydrogens (tertiary/aromatic N) is 2. The van der Waals surface area contributed by atoms with Crippen molar-refractivity contribution in [2.75, 3.05) is 26.2 Å². The van der Waals surface area contributed by atoms with E-state index in [2.05, 4.69) is 4.90 Å². The van der Waals surface area contributed by atoms with Crippen molar-refractivity contribution in [2.45, 2.75) is 52.7 Å². The molecule has 2 rings (SSSR count). The van der Waals surface area contributed by atoms with Crippen LogP contribution in [-0.2, 0) is 11.2 Å². The molecule has 1 amide bonds. The van der Waals surface area contributed by atoms with Crippen molar-refractivity contribution >= 4 is 6.09 Å². The molecular formula is C19H29FN2O2. The monoisotopic (exact) mass is 336 g/mol.